The van der Waals surface area contributed by atoms with E-state index in [-0.39, 0.29) is 0 Å². The number of rotatable bonds is 2. The largest absolute Gasteiger partial charge is 0.398 e. The van der Waals surface area contributed by atoms with Gasteiger partial charge in [-0.25, -0.2) is 0 Å². The standard InChI is InChI=1S/C13H20N2/c1-10-2-3-12(13(14)8-10)9-11-4-6-15-7-5-11/h2-3,8,11,15H,4-7,9,14H2,1H3. The van der Waals surface area contributed by atoms with Crippen molar-refractivity contribution < 1.29 is 0 Å². The lowest BCUT2D eigenvalue weighted by atomic mass is 9.90. The van der Waals surface area contributed by atoms with Gasteiger partial charge in [-0.3, -0.25) is 0 Å². The maximum atomic E-state index is 6.02. The maximum absolute atomic E-state index is 6.02. The van der Waals surface area contributed by atoms with Gasteiger partial charge in [0.15, 0.2) is 0 Å². The summed E-state index contributed by atoms with van der Waals surface area (Å²) < 4.78 is 0. The van der Waals surface area contributed by atoms with Gasteiger partial charge in [0.2, 0.25) is 0 Å². The number of piperidine rings is 1. The molecule has 15 heavy (non-hydrogen) atoms. The minimum atomic E-state index is 0.816. The van der Waals surface area contributed by atoms with Crippen molar-refractivity contribution in [3.63, 3.8) is 0 Å². The van der Waals surface area contributed by atoms with Gasteiger partial charge in [0.25, 0.3) is 0 Å². The molecule has 2 heteroatoms. The molecular weight excluding hydrogens is 184 g/mol. The highest BCUT2D eigenvalue weighted by Crippen LogP contribution is 2.22. The highest BCUT2D eigenvalue weighted by atomic mass is 14.9. The molecule has 1 aromatic carbocycles. The van der Waals surface area contributed by atoms with Gasteiger partial charge in [0.1, 0.15) is 0 Å². The maximum Gasteiger partial charge on any atom is 0.0349 e. The predicted octanol–water partition coefficient (Wildman–Crippen LogP) is 2.12. The monoisotopic (exact) mass is 204 g/mol. The predicted molar refractivity (Wildman–Crippen MR) is 64.9 cm³/mol. The Balaban J connectivity index is 2.03. The van der Waals surface area contributed by atoms with Crippen LogP contribution < -0.4 is 11.1 Å². The van der Waals surface area contributed by atoms with Crippen LogP contribution in [0.5, 0.6) is 0 Å². The molecule has 0 atom stereocenters. The number of nitrogen functional groups attached to an aromatic ring is 1. The van der Waals surface area contributed by atoms with Gasteiger partial charge >= 0.3 is 0 Å². The quantitative estimate of drug-likeness (QED) is 0.724. The first-order chi connectivity index (χ1) is 7.25. The Morgan fingerprint density at radius 2 is 2.07 bits per heavy atom. The van der Waals surface area contributed by atoms with Crippen molar-refractivity contribution in [1.29, 1.82) is 0 Å². The van der Waals surface area contributed by atoms with Crippen LogP contribution in [0.4, 0.5) is 5.69 Å². The van der Waals surface area contributed by atoms with Crippen LogP contribution >= 0.6 is 0 Å². The van der Waals surface area contributed by atoms with Crippen molar-refractivity contribution in [2.75, 3.05) is 18.8 Å². The Kier molecular flexibility index (Phi) is 3.27. The van der Waals surface area contributed by atoms with E-state index >= 15 is 0 Å². The lowest BCUT2D eigenvalue weighted by Gasteiger charge is -2.23. The fraction of sp³-hybridized carbons (Fsp3) is 0.538. The third kappa shape index (κ3) is 2.72. The second-order valence-corrected chi connectivity index (χ2v) is 4.60. The van der Waals surface area contributed by atoms with Crippen LogP contribution in [-0.4, -0.2) is 13.1 Å². The molecule has 1 fully saturated rings. The van der Waals surface area contributed by atoms with Gasteiger partial charge in [0, 0.05) is 5.69 Å². The zero-order chi connectivity index (χ0) is 10.7. The molecule has 2 rings (SSSR count). The molecule has 3 N–H and O–H groups in total. The van der Waals surface area contributed by atoms with Crippen molar-refractivity contribution >= 4 is 5.69 Å². The fourth-order valence-electron chi connectivity index (χ4n) is 2.30. The first-order valence-corrected chi connectivity index (χ1v) is 5.81. The summed E-state index contributed by atoms with van der Waals surface area (Å²) in [6.07, 6.45) is 3.72. The van der Waals surface area contributed by atoms with E-state index in [9.17, 15) is 0 Å². The lowest BCUT2D eigenvalue weighted by molar-refractivity contribution is 0.373. The summed E-state index contributed by atoms with van der Waals surface area (Å²) in [6.45, 7) is 4.41. The molecule has 1 aliphatic rings. The van der Waals surface area contributed by atoms with Gasteiger partial charge in [0.05, 0.1) is 0 Å². The van der Waals surface area contributed by atoms with Gasteiger partial charge in [-0.05, 0) is 62.4 Å². The molecule has 1 aromatic rings. The Morgan fingerprint density at radius 1 is 1.33 bits per heavy atom. The molecule has 1 heterocycles. The summed E-state index contributed by atoms with van der Waals surface area (Å²) in [7, 11) is 0. The first kappa shape index (κ1) is 10.5. The third-order valence-electron chi connectivity index (χ3n) is 3.27. The minimum Gasteiger partial charge on any atom is -0.398 e. The van der Waals surface area contributed by atoms with Crippen molar-refractivity contribution in [2.45, 2.75) is 26.2 Å². The summed E-state index contributed by atoms with van der Waals surface area (Å²) in [5.74, 6) is 0.816. The normalized spacial score (nSPS) is 17.9. The Bertz CT molecular complexity index is 327. The van der Waals surface area contributed by atoms with Gasteiger partial charge in [-0.1, -0.05) is 12.1 Å². The molecule has 0 radical (unpaired) electrons. The zero-order valence-electron chi connectivity index (χ0n) is 9.42. The highest BCUT2D eigenvalue weighted by molar-refractivity contribution is 5.49. The molecule has 0 amide bonds. The Hall–Kier alpha value is -1.02. The van der Waals surface area contributed by atoms with E-state index in [0.717, 1.165) is 31.1 Å². The molecule has 1 aliphatic heterocycles. The number of hydrogen-bond donors (Lipinski definition) is 2. The molecule has 82 valence electrons. The molecule has 0 saturated carbocycles. The number of nitrogens with two attached hydrogens (primary N) is 1. The van der Waals surface area contributed by atoms with E-state index in [1.807, 2.05) is 0 Å². The average molecular weight is 204 g/mol. The zero-order valence-corrected chi connectivity index (χ0v) is 9.42. The van der Waals surface area contributed by atoms with Crippen molar-refractivity contribution in [3.05, 3.63) is 29.3 Å². The Morgan fingerprint density at radius 3 is 2.73 bits per heavy atom. The summed E-state index contributed by atoms with van der Waals surface area (Å²) in [5, 5.41) is 3.39. The third-order valence-corrected chi connectivity index (χ3v) is 3.27. The Labute approximate surface area is 91.9 Å². The first-order valence-electron chi connectivity index (χ1n) is 5.81. The van der Waals surface area contributed by atoms with Crippen LogP contribution in [0, 0.1) is 12.8 Å². The van der Waals surface area contributed by atoms with Crippen molar-refractivity contribution in [1.82, 2.24) is 5.32 Å². The van der Waals surface area contributed by atoms with E-state index in [0.29, 0.717) is 0 Å². The molecular formula is C13H20N2. The summed E-state index contributed by atoms with van der Waals surface area (Å²) in [6, 6.07) is 6.43. The minimum absolute atomic E-state index is 0.816. The van der Waals surface area contributed by atoms with E-state index in [1.165, 1.54) is 24.0 Å². The molecule has 0 spiro atoms. The SMILES string of the molecule is Cc1ccc(CC2CCNCC2)c(N)c1. The van der Waals surface area contributed by atoms with Crippen LogP contribution in [0.15, 0.2) is 18.2 Å². The molecule has 0 bridgehead atoms. The van der Waals surface area contributed by atoms with Crippen LogP contribution in [0.3, 0.4) is 0 Å². The van der Waals surface area contributed by atoms with Crippen LogP contribution in [0.2, 0.25) is 0 Å². The number of anilines is 1. The summed E-state index contributed by atoms with van der Waals surface area (Å²) in [5.41, 5.74) is 9.57. The molecule has 1 saturated heterocycles. The van der Waals surface area contributed by atoms with E-state index < -0.39 is 0 Å². The van der Waals surface area contributed by atoms with E-state index in [4.69, 9.17) is 5.73 Å². The van der Waals surface area contributed by atoms with Crippen LogP contribution in [0.25, 0.3) is 0 Å². The van der Waals surface area contributed by atoms with E-state index in [1.54, 1.807) is 0 Å². The number of aryl methyl sites for hydroxylation is 1. The second-order valence-electron chi connectivity index (χ2n) is 4.60. The van der Waals surface area contributed by atoms with Gasteiger partial charge < -0.3 is 11.1 Å². The topological polar surface area (TPSA) is 38.0 Å². The second kappa shape index (κ2) is 4.67. The van der Waals surface area contributed by atoms with Crippen LogP contribution in [-0.2, 0) is 6.42 Å². The number of hydrogen-bond acceptors (Lipinski definition) is 2. The van der Waals surface area contributed by atoms with Crippen molar-refractivity contribution in [2.24, 2.45) is 5.92 Å². The molecule has 0 aromatic heterocycles. The number of nitrogens with one attached hydrogen (secondary N) is 1. The van der Waals surface area contributed by atoms with Crippen molar-refractivity contribution in [3.8, 4) is 0 Å². The van der Waals surface area contributed by atoms with Gasteiger partial charge in [-0.2, -0.15) is 0 Å². The van der Waals surface area contributed by atoms with Crippen LogP contribution in [0.1, 0.15) is 24.0 Å². The highest BCUT2D eigenvalue weighted by Gasteiger charge is 2.14. The van der Waals surface area contributed by atoms with Gasteiger partial charge in [-0.15, -0.1) is 0 Å². The summed E-state index contributed by atoms with van der Waals surface area (Å²) >= 11 is 0. The lowest BCUT2D eigenvalue weighted by Crippen LogP contribution is -2.28. The molecule has 0 unspecified atom stereocenters. The molecule has 2 nitrogen and oxygen atoms in total. The average Bonchev–Trinajstić information content (AvgIpc) is 2.24. The van der Waals surface area contributed by atoms with E-state index in [2.05, 4.69) is 30.4 Å². The fourth-order valence-corrected chi connectivity index (χ4v) is 2.30. The smallest absolute Gasteiger partial charge is 0.0349 e. The molecule has 0 aliphatic carbocycles. The summed E-state index contributed by atoms with van der Waals surface area (Å²) in [4.78, 5) is 0. The number of benzene rings is 1.